The van der Waals surface area contributed by atoms with Crippen LogP contribution in [-0.4, -0.2) is 21.7 Å². The number of aromatic nitrogens is 2. The fraction of sp³-hybridized carbons (Fsp3) is 0.182. The van der Waals surface area contributed by atoms with Gasteiger partial charge in [0.2, 0.25) is 5.89 Å². The smallest absolute Gasteiger partial charge is 0.228 e. The Morgan fingerprint density at radius 3 is 2.94 bits per heavy atom. The van der Waals surface area contributed by atoms with Crippen LogP contribution in [0.15, 0.2) is 29.0 Å². The summed E-state index contributed by atoms with van der Waals surface area (Å²) in [4.78, 5) is 4.25. The molecule has 0 aliphatic heterocycles. The largest absolute Gasteiger partial charge is 0.389 e. The molecule has 0 fully saturated rings. The molecule has 0 atom stereocenters. The third kappa shape index (κ3) is 3.18. The Bertz CT molecular complexity index is 544. The summed E-state index contributed by atoms with van der Waals surface area (Å²) in [5.41, 5.74) is 7.09. The number of hydrogen-bond donors (Lipinski definition) is 2. The van der Waals surface area contributed by atoms with Crippen molar-refractivity contribution in [2.45, 2.75) is 6.42 Å². The quantitative estimate of drug-likeness (QED) is 0.817. The number of thiocarbonyl (C=S) groups is 1. The molecule has 2 aromatic rings. The van der Waals surface area contributed by atoms with Gasteiger partial charge >= 0.3 is 0 Å². The van der Waals surface area contributed by atoms with Crippen LogP contribution in [0.2, 0.25) is 5.02 Å². The number of nitrogens with two attached hydrogens (primary N) is 1. The molecule has 7 heteroatoms. The molecule has 0 spiro atoms. The minimum absolute atomic E-state index is 0.328. The molecular formula is C11H11ClN4OS. The number of halogens is 1. The Hall–Kier alpha value is -1.66. The van der Waals surface area contributed by atoms with Crippen LogP contribution in [0.5, 0.6) is 0 Å². The first-order valence-electron chi connectivity index (χ1n) is 5.25. The van der Waals surface area contributed by atoms with E-state index < -0.39 is 0 Å². The van der Waals surface area contributed by atoms with Crippen molar-refractivity contribution in [2.24, 2.45) is 5.73 Å². The van der Waals surface area contributed by atoms with Crippen LogP contribution in [0.3, 0.4) is 0 Å². The summed E-state index contributed by atoms with van der Waals surface area (Å²) in [6.45, 7) is 0.647. The first-order valence-corrected chi connectivity index (χ1v) is 6.04. The monoisotopic (exact) mass is 282 g/mol. The van der Waals surface area contributed by atoms with Gasteiger partial charge in [0, 0.05) is 18.5 Å². The first kappa shape index (κ1) is 12.8. The molecule has 18 heavy (non-hydrogen) atoms. The van der Waals surface area contributed by atoms with Crippen molar-refractivity contribution in [3.8, 4) is 0 Å². The standard InChI is InChI=1S/C11H11ClN4OS/c12-8-5-7(11(13)18)1-2-9(8)14-4-3-10-15-6-16-17-10/h1-2,5-6,14H,3-4H2,(H2,13,18). The van der Waals surface area contributed by atoms with Crippen molar-refractivity contribution in [2.75, 3.05) is 11.9 Å². The molecule has 5 nitrogen and oxygen atoms in total. The molecule has 0 radical (unpaired) electrons. The van der Waals surface area contributed by atoms with Crippen LogP contribution in [-0.2, 0) is 6.42 Å². The van der Waals surface area contributed by atoms with Crippen molar-refractivity contribution >= 4 is 34.5 Å². The number of nitrogens with one attached hydrogen (secondary N) is 1. The second-order valence-electron chi connectivity index (χ2n) is 3.57. The highest BCUT2D eigenvalue weighted by Gasteiger charge is 2.04. The van der Waals surface area contributed by atoms with E-state index in [9.17, 15) is 0 Å². The van der Waals surface area contributed by atoms with E-state index in [-0.39, 0.29) is 0 Å². The fourth-order valence-corrected chi connectivity index (χ4v) is 1.80. The Labute approximate surface area is 114 Å². The minimum Gasteiger partial charge on any atom is -0.389 e. The number of nitrogens with zero attached hydrogens (tertiary/aromatic N) is 2. The molecule has 1 heterocycles. The summed E-state index contributed by atoms with van der Waals surface area (Å²) in [6, 6.07) is 5.40. The molecule has 0 aliphatic rings. The topological polar surface area (TPSA) is 77.0 Å². The molecule has 3 N–H and O–H groups in total. The predicted molar refractivity (Wildman–Crippen MR) is 73.8 cm³/mol. The lowest BCUT2D eigenvalue weighted by atomic mass is 10.2. The van der Waals surface area contributed by atoms with Gasteiger partial charge < -0.3 is 15.6 Å². The zero-order chi connectivity index (χ0) is 13.0. The van der Waals surface area contributed by atoms with E-state index in [2.05, 4.69) is 15.5 Å². The summed E-state index contributed by atoms with van der Waals surface area (Å²) < 4.78 is 4.88. The van der Waals surface area contributed by atoms with Gasteiger partial charge in [-0.2, -0.15) is 4.98 Å². The lowest BCUT2D eigenvalue weighted by Crippen LogP contribution is -2.10. The van der Waals surface area contributed by atoms with Crippen LogP contribution in [0.1, 0.15) is 11.5 Å². The minimum atomic E-state index is 0.328. The van der Waals surface area contributed by atoms with Crippen LogP contribution >= 0.6 is 23.8 Å². The third-order valence-electron chi connectivity index (χ3n) is 2.31. The van der Waals surface area contributed by atoms with Gasteiger partial charge in [0.25, 0.3) is 0 Å². The summed E-state index contributed by atoms with van der Waals surface area (Å²) >= 11 is 11.0. The lowest BCUT2D eigenvalue weighted by molar-refractivity contribution is 0.380. The highest BCUT2D eigenvalue weighted by molar-refractivity contribution is 7.80. The first-order chi connectivity index (χ1) is 8.66. The zero-order valence-corrected chi connectivity index (χ0v) is 11.0. The average molecular weight is 283 g/mol. The van der Waals surface area contributed by atoms with Gasteiger partial charge in [-0.25, -0.2) is 0 Å². The summed E-state index contributed by atoms with van der Waals surface area (Å²) in [5, 5.41) is 7.28. The van der Waals surface area contributed by atoms with Crippen molar-refractivity contribution in [1.82, 2.24) is 10.1 Å². The van der Waals surface area contributed by atoms with E-state index >= 15 is 0 Å². The van der Waals surface area contributed by atoms with Gasteiger partial charge in [0.15, 0.2) is 6.33 Å². The van der Waals surface area contributed by atoms with Gasteiger partial charge in [-0.15, -0.1) is 0 Å². The van der Waals surface area contributed by atoms with Gasteiger partial charge in [0.1, 0.15) is 4.99 Å². The van der Waals surface area contributed by atoms with E-state index in [4.69, 9.17) is 34.1 Å². The zero-order valence-electron chi connectivity index (χ0n) is 9.39. The van der Waals surface area contributed by atoms with Gasteiger partial charge in [0.05, 0.1) is 10.7 Å². The van der Waals surface area contributed by atoms with Crippen molar-refractivity contribution in [1.29, 1.82) is 0 Å². The highest BCUT2D eigenvalue weighted by Crippen LogP contribution is 2.22. The van der Waals surface area contributed by atoms with Crippen LogP contribution < -0.4 is 11.1 Å². The average Bonchev–Trinajstić information content (AvgIpc) is 2.84. The molecule has 0 amide bonds. The number of benzene rings is 1. The van der Waals surface area contributed by atoms with E-state index in [1.807, 2.05) is 12.1 Å². The summed E-state index contributed by atoms with van der Waals surface area (Å²) in [7, 11) is 0. The normalized spacial score (nSPS) is 10.3. The van der Waals surface area contributed by atoms with Gasteiger partial charge in [-0.1, -0.05) is 29.0 Å². The highest BCUT2D eigenvalue weighted by atomic mass is 35.5. The van der Waals surface area contributed by atoms with E-state index in [1.165, 1.54) is 6.33 Å². The van der Waals surface area contributed by atoms with Gasteiger partial charge in [-0.3, -0.25) is 0 Å². The summed E-state index contributed by atoms with van der Waals surface area (Å²) in [5.74, 6) is 0.582. The molecular weight excluding hydrogens is 272 g/mol. The molecule has 1 aromatic carbocycles. The molecule has 94 valence electrons. The van der Waals surface area contributed by atoms with E-state index in [0.717, 1.165) is 11.3 Å². The number of hydrogen-bond acceptors (Lipinski definition) is 5. The maximum absolute atomic E-state index is 6.11. The maximum atomic E-state index is 6.11. The van der Waals surface area contributed by atoms with E-state index in [0.29, 0.717) is 28.9 Å². The Kier molecular flexibility index (Phi) is 4.11. The fourth-order valence-electron chi connectivity index (χ4n) is 1.42. The molecule has 0 saturated carbocycles. The molecule has 1 aromatic heterocycles. The van der Waals surface area contributed by atoms with E-state index in [1.54, 1.807) is 6.07 Å². The Morgan fingerprint density at radius 2 is 2.33 bits per heavy atom. The molecule has 0 unspecified atom stereocenters. The van der Waals surface area contributed by atoms with Crippen molar-refractivity contribution in [3.63, 3.8) is 0 Å². The lowest BCUT2D eigenvalue weighted by Gasteiger charge is -2.08. The maximum Gasteiger partial charge on any atom is 0.228 e. The van der Waals surface area contributed by atoms with Crippen LogP contribution in [0.4, 0.5) is 5.69 Å². The molecule has 2 rings (SSSR count). The Morgan fingerprint density at radius 1 is 1.50 bits per heavy atom. The number of rotatable bonds is 5. The van der Waals surface area contributed by atoms with Crippen molar-refractivity contribution < 1.29 is 4.52 Å². The second-order valence-corrected chi connectivity index (χ2v) is 4.42. The Balaban J connectivity index is 1.95. The van der Waals surface area contributed by atoms with Gasteiger partial charge in [-0.05, 0) is 18.2 Å². The molecule has 0 saturated heterocycles. The SMILES string of the molecule is NC(=S)c1ccc(NCCc2ncno2)c(Cl)c1. The van der Waals surface area contributed by atoms with Crippen LogP contribution in [0, 0.1) is 0 Å². The second kappa shape index (κ2) is 5.79. The molecule has 0 aliphatic carbocycles. The van der Waals surface area contributed by atoms with Crippen LogP contribution in [0.25, 0.3) is 0 Å². The third-order valence-corrected chi connectivity index (χ3v) is 2.86. The van der Waals surface area contributed by atoms with Crippen molar-refractivity contribution in [3.05, 3.63) is 41.0 Å². The molecule has 0 bridgehead atoms. The summed E-state index contributed by atoms with van der Waals surface area (Å²) in [6.07, 6.45) is 2.01. The number of anilines is 1. The predicted octanol–water partition coefficient (Wildman–Crippen LogP) is 2.01.